The van der Waals surface area contributed by atoms with E-state index < -0.39 is 17.8 Å². The second kappa shape index (κ2) is 12.5. The lowest BCUT2D eigenvalue weighted by Crippen LogP contribution is -2.40. The van der Waals surface area contributed by atoms with E-state index in [1.165, 1.54) is 17.5 Å². The van der Waals surface area contributed by atoms with Gasteiger partial charge in [-0.15, -0.1) is 5.06 Å². The summed E-state index contributed by atoms with van der Waals surface area (Å²) in [6, 6.07) is 3.52. The molecule has 1 aromatic carbocycles. The highest BCUT2D eigenvalue weighted by atomic mass is 19.1. The summed E-state index contributed by atoms with van der Waals surface area (Å²) in [5.74, 6) is -1.01. The zero-order valence-corrected chi connectivity index (χ0v) is 20.3. The Balaban J connectivity index is 1.53. The van der Waals surface area contributed by atoms with E-state index in [9.17, 15) is 13.6 Å². The van der Waals surface area contributed by atoms with E-state index in [1.54, 1.807) is 13.8 Å². The van der Waals surface area contributed by atoms with Crippen LogP contribution in [0.2, 0.25) is 0 Å². The summed E-state index contributed by atoms with van der Waals surface area (Å²) in [6.45, 7) is 5.24. The van der Waals surface area contributed by atoms with E-state index >= 15 is 0 Å². The predicted octanol–water partition coefficient (Wildman–Crippen LogP) is 3.76. The predicted molar refractivity (Wildman–Crippen MR) is 124 cm³/mol. The summed E-state index contributed by atoms with van der Waals surface area (Å²) in [7, 11) is 3.72. The first-order chi connectivity index (χ1) is 16.7. The second-order valence-corrected chi connectivity index (χ2v) is 8.53. The van der Waals surface area contributed by atoms with E-state index in [4.69, 9.17) is 19.0 Å². The molecule has 1 aromatic heterocycles. The number of hydroxylamine groups is 2. The molecule has 35 heavy (non-hydrogen) atoms. The fourth-order valence-corrected chi connectivity index (χ4v) is 3.21. The smallest absolute Gasteiger partial charge is 0.489 e. The van der Waals surface area contributed by atoms with Gasteiger partial charge >= 0.3 is 6.16 Å². The molecule has 1 saturated heterocycles. The van der Waals surface area contributed by atoms with E-state index in [-0.39, 0.29) is 41.9 Å². The third kappa shape index (κ3) is 8.48. The number of carbonyl (C=O) groups is 1. The van der Waals surface area contributed by atoms with Gasteiger partial charge in [0, 0.05) is 50.7 Å². The van der Waals surface area contributed by atoms with E-state index in [0.29, 0.717) is 32.5 Å². The lowest BCUT2D eigenvalue weighted by molar-refractivity contribution is -0.151. The summed E-state index contributed by atoms with van der Waals surface area (Å²) in [5, 5.41) is 4.28. The number of anilines is 2. The quantitative estimate of drug-likeness (QED) is 0.491. The third-order valence-corrected chi connectivity index (χ3v) is 4.95. The molecule has 12 heteroatoms. The van der Waals surface area contributed by atoms with Crippen molar-refractivity contribution in [3.05, 3.63) is 36.2 Å². The molecule has 0 amide bonds. The van der Waals surface area contributed by atoms with Crippen LogP contribution >= 0.6 is 0 Å². The summed E-state index contributed by atoms with van der Waals surface area (Å²) < 4.78 is 45.1. The molecule has 1 N–H and O–H groups in total. The normalized spacial score (nSPS) is 14.7. The lowest BCUT2D eigenvalue weighted by Gasteiger charge is -2.30. The Kier molecular flexibility index (Phi) is 9.38. The van der Waals surface area contributed by atoms with Gasteiger partial charge in [0.2, 0.25) is 5.88 Å². The number of piperidine rings is 1. The molecular formula is C23H31F2N5O5. The maximum atomic E-state index is 14.5. The van der Waals surface area contributed by atoms with Gasteiger partial charge in [-0.2, -0.15) is 0 Å². The Labute approximate surface area is 203 Å². The Hall–Kier alpha value is -3.25. The van der Waals surface area contributed by atoms with Crippen LogP contribution in [0.5, 0.6) is 11.6 Å². The molecule has 10 nitrogen and oxygen atoms in total. The zero-order chi connectivity index (χ0) is 25.4. The molecule has 1 aliphatic rings. The Morgan fingerprint density at radius 2 is 1.91 bits per heavy atom. The van der Waals surface area contributed by atoms with E-state index in [0.717, 1.165) is 12.1 Å². The van der Waals surface area contributed by atoms with Crippen molar-refractivity contribution in [2.45, 2.75) is 38.9 Å². The number of aromatic nitrogens is 2. The highest BCUT2D eigenvalue weighted by Crippen LogP contribution is 2.28. The SMILES string of the molecule is CC(C)OC(=O)ON1CCC(Oc2cc(Nc3cc(F)c(OCCN(C)C)cc3F)ncn2)CC1. The molecule has 0 atom stereocenters. The molecule has 0 bridgehead atoms. The van der Waals surface area contributed by atoms with Crippen LogP contribution in [-0.4, -0.2) is 78.6 Å². The number of ether oxygens (including phenoxy) is 3. The van der Waals surface area contributed by atoms with Gasteiger partial charge in [-0.3, -0.25) is 0 Å². The van der Waals surface area contributed by atoms with Crippen LogP contribution in [0.3, 0.4) is 0 Å². The van der Waals surface area contributed by atoms with Crippen LogP contribution in [0.15, 0.2) is 24.5 Å². The number of likely N-dealkylation sites (N-methyl/N-ethyl adjacent to an activating group) is 1. The maximum absolute atomic E-state index is 14.5. The Bertz CT molecular complexity index is 987. The molecule has 0 saturated carbocycles. The number of rotatable bonds is 10. The highest BCUT2D eigenvalue weighted by molar-refractivity contribution is 5.60. The zero-order valence-electron chi connectivity index (χ0n) is 20.3. The molecule has 192 valence electrons. The van der Waals surface area contributed by atoms with Gasteiger partial charge in [0.25, 0.3) is 0 Å². The van der Waals surface area contributed by atoms with Gasteiger partial charge in [0.05, 0.1) is 11.8 Å². The van der Waals surface area contributed by atoms with Crippen LogP contribution in [0.1, 0.15) is 26.7 Å². The van der Waals surface area contributed by atoms with Gasteiger partial charge in [-0.1, -0.05) is 0 Å². The van der Waals surface area contributed by atoms with Crippen molar-refractivity contribution in [3.8, 4) is 11.6 Å². The minimum Gasteiger partial charge on any atom is -0.489 e. The molecule has 2 aromatic rings. The van der Waals surface area contributed by atoms with Crippen molar-refractivity contribution in [2.24, 2.45) is 0 Å². The molecule has 0 radical (unpaired) electrons. The molecule has 2 heterocycles. The molecule has 3 rings (SSSR count). The molecule has 1 fully saturated rings. The summed E-state index contributed by atoms with van der Waals surface area (Å²) in [6.07, 6.45) is 1.31. The minimum absolute atomic E-state index is 0.0918. The molecule has 0 aliphatic carbocycles. The monoisotopic (exact) mass is 495 g/mol. The van der Waals surface area contributed by atoms with Crippen molar-refractivity contribution < 1.29 is 32.6 Å². The second-order valence-electron chi connectivity index (χ2n) is 8.53. The van der Waals surface area contributed by atoms with E-state index in [1.807, 2.05) is 19.0 Å². The number of nitrogens with zero attached hydrogens (tertiary/aromatic N) is 4. The number of benzene rings is 1. The average Bonchev–Trinajstić information content (AvgIpc) is 2.78. The first-order valence-corrected chi connectivity index (χ1v) is 11.4. The largest absolute Gasteiger partial charge is 0.528 e. The standard InChI is InChI=1S/C23H31F2N5O5/c1-15(2)33-23(31)35-30-7-5-16(6-8-30)34-22-13-21(26-14-27-22)28-19-11-18(25)20(12-17(19)24)32-10-9-29(3)4/h11-16H,5-10H2,1-4H3,(H,26,27,28). The fraction of sp³-hybridized carbons (Fsp3) is 0.522. The third-order valence-electron chi connectivity index (χ3n) is 4.95. The molecule has 0 spiro atoms. The van der Waals surface area contributed by atoms with Gasteiger partial charge in [-0.05, 0) is 27.9 Å². The average molecular weight is 496 g/mol. The van der Waals surface area contributed by atoms with Crippen LogP contribution in [0.25, 0.3) is 0 Å². The number of nitrogens with one attached hydrogen (secondary N) is 1. The highest BCUT2D eigenvalue weighted by Gasteiger charge is 2.24. The van der Waals surface area contributed by atoms with Crippen LogP contribution < -0.4 is 14.8 Å². The maximum Gasteiger partial charge on any atom is 0.528 e. The first kappa shape index (κ1) is 26.4. The number of hydrogen-bond acceptors (Lipinski definition) is 10. The Morgan fingerprint density at radius 3 is 2.60 bits per heavy atom. The van der Waals surface area contributed by atoms with Crippen molar-refractivity contribution in [1.82, 2.24) is 19.9 Å². The Morgan fingerprint density at radius 1 is 1.17 bits per heavy atom. The molecular weight excluding hydrogens is 464 g/mol. The first-order valence-electron chi connectivity index (χ1n) is 11.4. The van der Waals surface area contributed by atoms with Gasteiger partial charge in [0.1, 0.15) is 24.9 Å². The van der Waals surface area contributed by atoms with Gasteiger partial charge in [-0.25, -0.2) is 23.5 Å². The topological polar surface area (TPSA) is 98.3 Å². The van der Waals surface area contributed by atoms with Gasteiger partial charge in [0.15, 0.2) is 17.4 Å². The van der Waals surface area contributed by atoms with Crippen molar-refractivity contribution in [3.63, 3.8) is 0 Å². The summed E-state index contributed by atoms with van der Waals surface area (Å²) in [5.41, 5.74) is -0.0918. The number of carbonyl (C=O) groups excluding carboxylic acids is 1. The fourth-order valence-electron chi connectivity index (χ4n) is 3.21. The van der Waals surface area contributed by atoms with Crippen LogP contribution in [0, 0.1) is 11.6 Å². The van der Waals surface area contributed by atoms with Crippen LogP contribution in [0.4, 0.5) is 25.1 Å². The van der Waals surface area contributed by atoms with Gasteiger partial charge < -0.3 is 29.3 Å². The summed E-state index contributed by atoms with van der Waals surface area (Å²) >= 11 is 0. The van der Waals surface area contributed by atoms with Crippen molar-refractivity contribution in [2.75, 3.05) is 45.7 Å². The number of hydrogen-bond donors (Lipinski definition) is 1. The number of halogens is 2. The molecule has 1 aliphatic heterocycles. The summed E-state index contributed by atoms with van der Waals surface area (Å²) in [4.78, 5) is 26.8. The van der Waals surface area contributed by atoms with Crippen molar-refractivity contribution in [1.29, 1.82) is 0 Å². The van der Waals surface area contributed by atoms with Crippen molar-refractivity contribution >= 4 is 17.7 Å². The lowest BCUT2D eigenvalue weighted by atomic mass is 10.1. The minimum atomic E-state index is -0.734. The van der Waals surface area contributed by atoms with Crippen LogP contribution in [-0.2, 0) is 9.57 Å². The molecule has 0 unspecified atom stereocenters. The van der Waals surface area contributed by atoms with E-state index in [2.05, 4.69) is 15.3 Å².